The highest BCUT2D eigenvalue weighted by molar-refractivity contribution is 7.71. The molecule has 1 aromatic carbocycles. The minimum Gasteiger partial charge on any atom is -0.381 e. The molecule has 0 atom stereocenters. The number of nitrogens with one attached hydrogen (secondary N) is 1. The molecule has 1 aliphatic rings. The summed E-state index contributed by atoms with van der Waals surface area (Å²) in [5, 5.41) is 0.743. The number of benzene rings is 1. The zero-order valence-electron chi connectivity index (χ0n) is 10.2. The monoisotopic (exact) mass is 282 g/mol. The van der Waals surface area contributed by atoms with Gasteiger partial charge in [-0.15, -0.1) is 0 Å². The van der Waals surface area contributed by atoms with Crippen LogP contribution >= 0.6 is 23.8 Å². The van der Waals surface area contributed by atoms with Gasteiger partial charge in [-0.3, -0.25) is 0 Å². The van der Waals surface area contributed by atoms with Crippen molar-refractivity contribution in [2.24, 2.45) is 0 Å². The van der Waals surface area contributed by atoms with Gasteiger partial charge >= 0.3 is 0 Å². The Labute approximate surface area is 116 Å². The Balaban J connectivity index is 2.28. The molecule has 1 N–H and O–H groups in total. The first-order chi connectivity index (χ1) is 8.62. The number of halogens is 1. The Morgan fingerprint density at radius 1 is 1.39 bits per heavy atom. The van der Waals surface area contributed by atoms with Crippen molar-refractivity contribution in [2.45, 2.75) is 25.3 Å². The van der Waals surface area contributed by atoms with Crippen LogP contribution in [0.1, 0.15) is 19.8 Å². The van der Waals surface area contributed by atoms with Gasteiger partial charge in [0.25, 0.3) is 0 Å². The number of H-pyrrole nitrogens is 1. The zero-order chi connectivity index (χ0) is 12.8. The van der Waals surface area contributed by atoms with Crippen molar-refractivity contribution in [3.8, 4) is 0 Å². The molecule has 3 nitrogen and oxygen atoms in total. The number of imidazole rings is 1. The summed E-state index contributed by atoms with van der Waals surface area (Å²) in [5.41, 5.74) is 1.99. The fourth-order valence-corrected chi connectivity index (χ4v) is 3.35. The molecule has 3 rings (SSSR count). The normalized spacial score (nSPS) is 19.2. The largest absolute Gasteiger partial charge is 0.381 e. The van der Waals surface area contributed by atoms with Crippen LogP contribution in [-0.2, 0) is 10.3 Å². The quantitative estimate of drug-likeness (QED) is 0.805. The molecular weight excluding hydrogens is 268 g/mol. The molecule has 0 unspecified atom stereocenters. The number of para-hydroxylation sites is 1. The third-order valence-corrected chi connectivity index (χ3v) is 4.35. The van der Waals surface area contributed by atoms with E-state index in [-0.39, 0.29) is 5.54 Å². The van der Waals surface area contributed by atoms with E-state index < -0.39 is 0 Å². The van der Waals surface area contributed by atoms with Crippen molar-refractivity contribution in [1.82, 2.24) is 9.55 Å². The molecule has 1 aliphatic heterocycles. The SMILES string of the molecule is CC1(n2c(=S)[nH]c3cccc(Cl)c32)CCOCC1. The van der Waals surface area contributed by atoms with Gasteiger partial charge in [0.05, 0.1) is 16.1 Å². The van der Waals surface area contributed by atoms with Crippen LogP contribution in [0.3, 0.4) is 0 Å². The van der Waals surface area contributed by atoms with Gasteiger partial charge in [-0.2, -0.15) is 0 Å². The number of nitrogens with zero attached hydrogens (tertiary/aromatic N) is 1. The average Bonchev–Trinajstić information content (AvgIpc) is 2.68. The summed E-state index contributed by atoms with van der Waals surface area (Å²) in [6.07, 6.45) is 1.92. The lowest BCUT2D eigenvalue weighted by molar-refractivity contribution is 0.0306. The molecule has 1 fully saturated rings. The Hall–Kier alpha value is -0.840. The fourth-order valence-electron chi connectivity index (χ4n) is 2.67. The van der Waals surface area contributed by atoms with Crippen molar-refractivity contribution >= 4 is 34.9 Å². The van der Waals surface area contributed by atoms with E-state index in [0.717, 1.165) is 46.9 Å². The highest BCUT2D eigenvalue weighted by Gasteiger charge is 2.31. The van der Waals surface area contributed by atoms with Gasteiger partial charge in [0, 0.05) is 18.8 Å². The lowest BCUT2D eigenvalue weighted by Gasteiger charge is -2.35. The molecule has 2 heterocycles. The Kier molecular flexibility index (Phi) is 2.96. The van der Waals surface area contributed by atoms with Crippen molar-refractivity contribution in [3.05, 3.63) is 28.0 Å². The van der Waals surface area contributed by atoms with E-state index in [1.54, 1.807) is 0 Å². The summed E-state index contributed by atoms with van der Waals surface area (Å²) in [6, 6.07) is 5.86. The first kappa shape index (κ1) is 12.2. The summed E-state index contributed by atoms with van der Waals surface area (Å²) in [7, 11) is 0. The summed E-state index contributed by atoms with van der Waals surface area (Å²) < 4.78 is 8.36. The summed E-state index contributed by atoms with van der Waals surface area (Å²) >= 11 is 11.8. The number of ether oxygens (including phenoxy) is 1. The van der Waals surface area contributed by atoms with Crippen LogP contribution in [0.2, 0.25) is 5.02 Å². The molecule has 0 saturated carbocycles. The van der Waals surface area contributed by atoms with E-state index in [9.17, 15) is 0 Å². The van der Waals surface area contributed by atoms with E-state index in [0.29, 0.717) is 0 Å². The topological polar surface area (TPSA) is 29.9 Å². The van der Waals surface area contributed by atoms with Crippen molar-refractivity contribution in [3.63, 3.8) is 0 Å². The number of fused-ring (bicyclic) bond motifs is 1. The molecule has 2 aromatic rings. The van der Waals surface area contributed by atoms with Crippen LogP contribution in [0.4, 0.5) is 0 Å². The van der Waals surface area contributed by atoms with Gasteiger partial charge < -0.3 is 14.3 Å². The van der Waals surface area contributed by atoms with Crippen molar-refractivity contribution in [2.75, 3.05) is 13.2 Å². The van der Waals surface area contributed by atoms with Crippen LogP contribution in [0, 0.1) is 4.77 Å². The molecular formula is C13H15ClN2OS. The van der Waals surface area contributed by atoms with Crippen molar-refractivity contribution in [1.29, 1.82) is 0 Å². The van der Waals surface area contributed by atoms with Gasteiger partial charge in [-0.25, -0.2) is 0 Å². The van der Waals surface area contributed by atoms with Crippen LogP contribution in [-0.4, -0.2) is 22.8 Å². The van der Waals surface area contributed by atoms with Crippen LogP contribution in [0.5, 0.6) is 0 Å². The highest BCUT2D eigenvalue weighted by Crippen LogP contribution is 2.35. The molecule has 1 aromatic heterocycles. The molecule has 0 amide bonds. The van der Waals surface area contributed by atoms with Crippen molar-refractivity contribution < 1.29 is 4.74 Å². The molecule has 0 radical (unpaired) electrons. The Bertz CT molecular complexity index is 640. The zero-order valence-corrected chi connectivity index (χ0v) is 11.8. The Morgan fingerprint density at radius 2 is 2.11 bits per heavy atom. The lowest BCUT2D eigenvalue weighted by atomic mass is 9.92. The molecule has 0 bridgehead atoms. The Morgan fingerprint density at radius 3 is 2.83 bits per heavy atom. The standard InChI is InChI=1S/C13H15ClN2OS/c1-13(5-7-17-8-6-13)16-11-9(14)3-2-4-10(11)15-12(16)18/h2-4H,5-8H2,1H3,(H,15,18). The predicted octanol–water partition coefficient (Wildman–Crippen LogP) is 3.88. The van der Waals surface area contributed by atoms with E-state index in [1.807, 2.05) is 18.2 Å². The van der Waals surface area contributed by atoms with Gasteiger partial charge in [-0.1, -0.05) is 17.7 Å². The van der Waals surface area contributed by atoms with E-state index in [1.165, 1.54) is 0 Å². The second kappa shape index (κ2) is 4.37. The minimum atomic E-state index is -0.0153. The maximum Gasteiger partial charge on any atom is 0.178 e. The maximum atomic E-state index is 6.34. The number of aromatic nitrogens is 2. The van der Waals surface area contributed by atoms with Gasteiger partial charge in [0.15, 0.2) is 4.77 Å². The second-order valence-corrected chi connectivity index (χ2v) is 5.80. The summed E-state index contributed by atoms with van der Waals surface area (Å²) in [4.78, 5) is 3.24. The third-order valence-electron chi connectivity index (χ3n) is 3.76. The summed E-state index contributed by atoms with van der Waals surface area (Å²) in [5.74, 6) is 0. The predicted molar refractivity (Wildman–Crippen MR) is 75.8 cm³/mol. The molecule has 0 aliphatic carbocycles. The number of rotatable bonds is 1. The molecule has 5 heteroatoms. The number of hydrogen-bond donors (Lipinski definition) is 1. The van der Waals surface area contributed by atoms with E-state index >= 15 is 0 Å². The summed E-state index contributed by atoms with van der Waals surface area (Å²) in [6.45, 7) is 3.77. The van der Waals surface area contributed by atoms with Crippen LogP contribution in [0.25, 0.3) is 11.0 Å². The maximum absolute atomic E-state index is 6.34. The van der Waals surface area contributed by atoms with Gasteiger partial charge in [-0.05, 0) is 44.1 Å². The first-order valence-electron chi connectivity index (χ1n) is 6.09. The van der Waals surface area contributed by atoms with E-state index in [4.69, 9.17) is 28.6 Å². The number of hydrogen-bond acceptors (Lipinski definition) is 2. The first-order valence-corrected chi connectivity index (χ1v) is 6.88. The van der Waals surface area contributed by atoms with E-state index in [2.05, 4.69) is 16.5 Å². The molecule has 1 saturated heterocycles. The molecule has 96 valence electrons. The van der Waals surface area contributed by atoms with Crippen LogP contribution in [0.15, 0.2) is 18.2 Å². The molecule has 0 spiro atoms. The average molecular weight is 283 g/mol. The van der Waals surface area contributed by atoms with Gasteiger partial charge in [0.1, 0.15) is 0 Å². The fraction of sp³-hybridized carbons (Fsp3) is 0.462. The minimum absolute atomic E-state index is 0.0153. The smallest absolute Gasteiger partial charge is 0.178 e. The highest BCUT2D eigenvalue weighted by atomic mass is 35.5. The third kappa shape index (κ3) is 1.79. The molecule has 18 heavy (non-hydrogen) atoms. The number of aromatic amines is 1. The second-order valence-electron chi connectivity index (χ2n) is 5.01. The lowest BCUT2D eigenvalue weighted by Crippen LogP contribution is -2.36. The van der Waals surface area contributed by atoms with Crippen LogP contribution < -0.4 is 0 Å². The van der Waals surface area contributed by atoms with Gasteiger partial charge in [0.2, 0.25) is 0 Å².